The maximum absolute atomic E-state index is 10.8. The first-order chi connectivity index (χ1) is 8.65. The van der Waals surface area contributed by atoms with Crippen LogP contribution < -0.4 is 4.74 Å². The van der Waals surface area contributed by atoms with E-state index in [9.17, 15) is 5.11 Å². The molecule has 0 aromatic heterocycles. The normalized spacial score (nSPS) is 20.4. The van der Waals surface area contributed by atoms with Crippen LogP contribution in [0.25, 0.3) is 0 Å². The Bertz CT molecular complexity index is 380. The third kappa shape index (κ3) is 2.86. The van der Waals surface area contributed by atoms with E-state index in [1.165, 1.54) is 12.0 Å². The third-order valence-electron chi connectivity index (χ3n) is 4.19. The number of hydrogen-bond acceptors (Lipinski definition) is 2. The lowest BCUT2D eigenvalue weighted by Crippen LogP contribution is -2.37. The first-order valence-corrected chi connectivity index (χ1v) is 7.11. The van der Waals surface area contributed by atoms with Crippen LogP contribution in [0.5, 0.6) is 5.75 Å². The second kappa shape index (κ2) is 5.75. The van der Waals surface area contributed by atoms with Crippen molar-refractivity contribution in [3.05, 3.63) is 29.8 Å². The summed E-state index contributed by atoms with van der Waals surface area (Å²) >= 11 is 0. The van der Waals surface area contributed by atoms with Gasteiger partial charge in [0.15, 0.2) is 0 Å². The molecule has 1 aromatic rings. The molecule has 0 aliphatic heterocycles. The van der Waals surface area contributed by atoms with Crippen molar-refractivity contribution in [3.63, 3.8) is 0 Å². The Morgan fingerprint density at radius 3 is 2.67 bits per heavy atom. The van der Waals surface area contributed by atoms with Crippen LogP contribution in [-0.2, 0) is 0 Å². The van der Waals surface area contributed by atoms with Gasteiger partial charge >= 0.3 is 0 Å². The average molecular weight is 248 g/mol. The maximum Gasteiger partial charge on any atom is 0.119 e. The lowest BCUT2D eigenvalue weighted by molar-refractivity contribution is -0.0169. The molecule has 0 amide bonds. The number of ether oxygens (including phenoxy) is 1. The van der Waals surface area contributed by atoms with E-state index in [1.807, 2.05) is 19.1 Å². The van der Waals surface area contributed by atoms with Gasteiger partial charge in [0.25, 0.3) is 0 Å². The average Bonchev–Trinajstić information content (AvgIpc) is 2.39. The lowest BCUT2D eigenvalue weighted by atomic mass is 9.74. The highest BCUT2D eigenvalue weighted by Gasteiger charge is 2.35. The van der Waals surface area contributed by atoms with Crippen molar-refractivity contribution in [1.82, 2.24) is 0 Å². The van der Waals surface area contributed by atoms with Gasteiger partial charge in [-0.1, -0.05) is 38.3 Å². The van der Waals surface area contributed by atoms with Crippen molar-refractivity contribution < 1.29 is 9.84 Å². The smallest absolute Gasteiger partial charge is 0.119 e. The molecule has 0 spiro atoms. The molecule has 0 bridgehead atoms. The summed E-state index contributed by atoms with van der Waals surface area (Å²) in [5, 5.41) is 10.8. The first-order valence-electron chi connectivity index (χ1n) is 7.11. The Morgan fingerprint density at radius 1 is 1.28 bits per heavy atom. The summed E-state index contributed by atoms with van der Waals surface area (Å²) in [7, 11) is 0. The van der Waals surface area contributed by atoms with Crippen molar-refractivity contribution in [2.24, 2.45) is 0 Å². The van der Waals surface area contributed by atoms with Crippen LogP contribution in [0.1, 0.15) is 57.4 Å². The van der Waals surface area contributed by atoms with Crippen LogP contribution in [-0.4, -0.2) is 17.3 Å². The summed E-state index contributed by atoms with van der Waals surface area (Å²) in [6.07, 6.45) is 5.39. The van der Waals surface area contributed by atoms with E-state index in [4.69, 9.17) is 4.74 Å². The third-order valence-corrected chi connectivity index (χ3v) is 4.19. The van der Waals surface area contributed by atoms with Gasteiger partial charge in [-0.15, -0.1) is 0 Å². The summed E-state index contributed by atoms with van der Waals surface area (Å²) in [5.41, 5.74) is 0.661. The molecule has 2 rings (SSSR count). The molecule has 2 nitrogen and oxygen atoms in total. The minimum absolute atomic E-state index is 0.179. The van der Waals surface area contributed by atoms with E-state index in [-0.39, 0.29) is 5.92 Å². The van der Waals surface area contributed by atoms with Gasteiger partial charge in [0.05, 0.1) is 12.2 Å². The van der Waals surface area contributed by atoms with Crippen LogP contribution in [0, 0.1) is 0 Å². The Labute approximate surface area is 110 Å². The fraction of sp³-hybridized carbons (Fsp3) is 0.625. The molecule has 1 atom stereocenters. The van der Waals surface area contributed by atoms with Crippen LogP contribution in [0.15, 0.2) is 24.3 Å². The van der Waals surface area contributed by atoms with Crippen LogP contribution in [0.3, 0.4) is 0 Å². The standard InChI is InChI=1S/C16H24O2/c1-3-18-15-9-7-8-14(12-15)13(2)16(17)10-5-4-6-11-16/h7-9,12-13,17H,3-6,10-11H2,1-2H3. The summed E-state index contributed by atoms with van der Waals surface area (Å²) in [6.45, 7) is 4.81. The van der Waals surface area contributed by atoms with E-state index >= 15 is 0 Å². The Balaban J connectivity index is 2.16. The van der Waals surface area contributed by atoms with Crippen LogP contribution in [0.4, 0.5) is 0 Å². The summed E-state index contributed by atoms with van der Waals surface area (Å²) in [6, 6.07) is 8.16. The van der Waals surface area contributed by atoms with Crippen molar-refractivity contribution in [1.29, 1.82) is 0 Å². The molecule has 0 radical (unpaired) electrons. The van der Waals surface area contributed by atoms with Crippen LogP contribution in [0.2, 0.25) is 0 Å². The molecule has 1 fully saturated rings. The molecule has 1 unspecified atom stereocenters. The highest BCUT2D eigenvalue weighted by Crippen LogP contribution is 2.40. The Hall–Kier alpha value is -1.02. The van der Waals surface area contributed by atoms with Gasteiger partial charge in [0.1, 0.15) is 5.75 Å². The second-order valence-electron chi connectivity index (χ2n) is 5.39. The van der Waals surface area contributed by atoms with Crippen molar-refractivity contribution in [3.8, 4) is 5.75 Å². The topological polar surface area (TPSA) is 29.5 Å². The molecule has 100 valence electrons. The van der Waals surface area contributed by atoms with E-state index in [0.717, 1.165) is 31.4 Å². The minimum Gasteiger partial charge on any atom is -0.494 e. The van der Waals surface area contributed by atoms with Gasteiger partial charge < -0.3 is 9.84 Å². The quantitative estimate of drug-likeness (QED) is 0.876. The molecule has 0 heterocycles. The fourth-order valence-corrected chi connectivity index (χ4v) is 2.95. The largest absolute Gasteiger partial charge is 0.494 e. The highest BCUT2D eigenvalue weighted by atomic mass is 16.5. The Morgan fingerprint density at radius 2 is 2.00 bits per heavy atom. The highest BCUT2D eigenvalue weighted by molar-refractivity contribution is 5.32. The zero-order valence-corrected chi connectivity index (χ0v) is 11.5. The van der Waals surface area contributed by atoms with E-state index in [1.54, 1.807) is 0 Å². The minimum atomic E-state index is -0.525. The number of hydrogen-bond donors (Lipinski definition) is 1. The monoisotopic (exact) mass is 248 g/mol. The van der Waals surface area contributed by atoms with Gasteiger partial charge in [-0.3, -0.25) is 0 Å². The molecule has 2 heteroatoms. The maximum atomic E-state index is 10.8. The molecule has 18 heavy (non-hydrogen) atoms. The number of aliphatic hydroxyl groups is 1. The van der Waals surface area contributed by atoms with E-state index in [0.29, 0.717) is 6.61 Å². The zero-order chi connectivity index (χ0) is 13.0. The first kappa shape index (κ1) is 13.4. The molecular formula is C16H24O2. The molecule has 1 aliphatic carbocycles. The molecular weight excluding hydrogens is 224 g/mol. The lowest BCUT2D eigenvalue weighted by Gasteiger charge is -2.37. The van der Waals surface area contributed by atoms with Crippen molar-refractivity contribution in [2.75, 3.05) is 6.61 Å². The number of benzene rings is 1. The van der Waals surface area contributed by atoms with Gasteiger partial charge in [-0.05, 0) is 37.5 Å². The molecule has 1 aromatic carbocycles. The van der Waals surface area contributed by atoms with Gasteiger partial charge in [-0.2, -0.15) is 0 Å². The second-order valence-corrected chi connectivity index (χ2v) is 5.39. The van der Waals surface area contributed by atoms with Crippen LogP contribution >= 0.6 is 0 Å². The predicted molar refractivity (Wildman–Crippen MR) is 74.1 cm³/mol. The van der Waals surface area contributed by atoms with Crippen molar-refractivity contribution >= 4 is 0 Å². The Kier molecular flexibility index (Phi) is 4.28. The van der Waals surface area contributed by atoms with Crippen molar-refractivity contribution in [2.45, 2.75) is 57.5 Å². The summed E-state index contributed by atoms with van der Waals surface area (Å²) in [4.78, 5) is 0. The van der Waals surface area contributed by atoms with Gasteiger partial charge in [0.2, 0.25) is 0 Å². The molecule has 1 aliphatic rings. The number of rotatable bonds is 4. The molecule has 1 saturated carbocycles. The zero-order valence-electron chi connectivity index (χ0n) is 11.5. The molecule has 1 N–H and O–H groups in total. The van der Waals surface area contributed by atoms with Gasteiger partial charge in [0, 0.05) is 5.92 Å². The predicted octanol–water partition coefficient (Wildman–Crippen LogP) is 3.88. The van der Waals surface area contributed by atoms with E-state index < -0.39 is 5.60 Å². The van der Waals surface area contributed by atoms with Gasteiger partial charge in [-0.25, -0.2) is 0 Å². The fourth-order valence-electron chi connectivity index (χ4n) is 2.95. The summed E-state index contributed by atoms with van der Waals surface area (Å²) in [5.74, 6) is 1.08. The summed E-state index contributed by atoms with van der Waals surface area (Å²) < 4.78 is 5.54. The molecule has 0 saturated heterocycles. The SMILES string of the molecule is CCOc1cccc(C(C)C2(O)CCCCC2)c1. The van der Waals surface area contributed by atoms with E-state index in [2.05, 4.69) is 19.1 Å².